The molecule has 1 saturated heterocycles. The number of anilines is 1. The van der Waals surface area contributed by atoms with E-state index in [9.17, 15) is 14.8 Å². The lowest BCUT2D eigenvalue weighted by Gasteiger charge is -2.37. The van der Waals surface area contributed by atoms with Gasteiger partial charge in [-0.3, -0.25) is 0 Å². The van der Waals surface area contributed by atoms with E-state index in [1.165, 1.54) is 0 Å². The molecule has 24 heavy (non-hydrogen) atoms. The maximum atomic E-state index is 12.1. The number of piperazine rings is 1. The molecule has 2 N–H and O–H groups in total. The summed E-state index contributed by atoms with van der Waals surface area (Å²) in [6, 6.07) is 5.49. The molecule has 132 valence electrons. The first-order valence-electron chi connectivity index (χ1n) is 8.03. The summed E-state index contributed by atoms with van der Waals surface area (Å²) in [4.78, 5) is 15.9. The first-order chi connectivity index (χ1) is 11.2. The Labute approximate surface area is 149 Å². The Morgan fingerprint density at radius 1 is 1.21 bits per heavy atom. The second kappa shape index (κ2) is 7.67. The Morgan fingerprint density at radius 2 is 1.83 bits per heavy atom. The molecule has 1 fully saturated rings. The van der Waals surface area contributed by atoms with Gasteiger partial charge in [0.15, 0.2) is 0 Å². The SMILES string of the molecule is CC(C)(C)OC(=O)N1CCN(c2cc(CS)cc(B(O)O)c2)CC1. The minimum absolute atomic E-state index is 0.294. The number of rotatable bonds is 3. The molecule has 0 atom stereocenters. The van der Waals surface area contributed by atoms with Crippen LogP contribution in [0.5, 0.6) is 0 Å². The molecule has 0 radical (unpaired) electrons. The van der Waals surface area contributed by atoms with E-state index >= 15 is 0 Å². The normalized spacial score (nSPS) is 15.4. The molecule has 1 aliphatic rings. The van der Waals surface area contributed by atoms with E-state index < -0.39 is 12.7 Å². The van der Waals surface area contributed by atoms with Gasteiger partial charge >= 0.3 is 13.2 Å². The van der Waals surface area contributed by atoms with Crippen LogP contribution in [0.4, 0.5) is 10.5 Å². The van der Waals surface area contributed by atoms with Crippen LogP contribution >= 0.6 is 12.6 Å². The lowest BCUT2D eigenvalue weighted by atomic mass is 9.79. The van der Waals surface area contributed by atoms with Crippen molar-refractivity contribution in [3.63, 3.8) is 0 Å². The highest BCUT2D eigenvalue weighted by molar-refractivity contribution is 7.79. The number of thiol groups is 1. The number of hydrogen-bond acceptors (Lipinski definition) is 6. The summed E-state index contributed by atoms with van der Waals surface area (Å²) in [5.41, 5.74) is 1.79. The summed E-state index contributed by atoms with van der Waals surface area (Å²) in [6.45, 7) is 8.02. The van der Waals surface area contributed by atoms with Crippen molar-refractivity contribution < 1.29 is 19.6 Å². The quantitative estimate of drug-likeness (QED) is 0.556. The van der Waals surface area contributed by atoms with Crippen molar-refractivity contribution in [2.45, 2.75) is 32.1 Å². The van der Waals surface area contributed by atoms with Crippen LogP contribution in [-0.2, 0) is 10.5 Å². The van der Waals surface area contributed by atoms with Crippen LogP contribution in [-0.4, -0.2) is 59.9 Å². The van der Waals surface area contributed by atoms with Crippen LogP contribution in [0.3, 0.4) is 0 Å². The lowest BCUT2D eigenvalue weighted by molar-refractivity contribution is 0.0240. The zero-order chi connectivity index (χ0) is 17.9. The summed E-state index contributed by atoms with van der Waals surface area (Å²) in [5, 5.41) is 18.9. The van der Waals surface area contributed by atoms with Crippen molar-refractivity contribution in [1.29, 1.82) is 0 Å². The van der Waals surface area contributed by atoms with Crippen molar-refractivity contribution in [3.8, 4) is 0 Å². The second-order valence-electron chi connectivity index (χ2n) is 6.92. The number of ether oxygens (including phenoxy) is 1. The fourth-order valence-electron chi connectivity index (χ4n) is 2.60. The van der Waals surface area contributed by atoms with Gasteiger partial charge in [-0.1, -0.05) is 6.07 Å². The molecular weight excluding hydrogens is 327 g/mol. The predicted octanol–water partition coefficient (Wildman–Crippen LogP) is 0.853. The third kappa shape index (κ3) is 5.06. The molecule has 1 aliphatic heterocycles. The van der Waals surface area contributed by atoms with Crippen molar-refractivity contribution in [1.82, 2.24) is 4.90 Å². The van der Waals surface area contributed by atoms with Crippen LogP contribution in [0.2, 0.25) is 0 Å². The first-order valence-corrected chi connectivity index (χ1v) is 8.66. The van der Waals surface area contributed by atoms with E-state index in [0.717, 1.165) is 11.3 Å². The van der Waals surface area contributed by atoms with Gasteiger partial charge in [0.2, 0.25) is 0 Å². The number of carbonyl (C=O) groups is 1. The summed E-state index contributed by atoms with van der Waals surface area (Å²) in [5.74, 6) is 0.519. The van der Waals surface area contributed by atoms with E-state index in [1.54, 1.807) is 17.0 Å². The first kappa shape index (κ1) is 19.0. The molecule has 6 nitrogen and oxygen atoms in total. The monoisotopic (exact) mass is 352 g/mol. The van der Waals surface area contributed by atoms with E-state index in [0.29, 0.717) is 37.4 Å². The number of amides is 1. The molecule has 1 aromatic carbocycles. The number of hydrogen-bond donors (Lipinski definition) is 3. The van der Waals surface area contributed by atoms with Gasteiger partial charge < -0.3 is 24.6 Å². The van der Waals surface area contributed by atoms with Crippen LogP contribution in [0, 0.1) is 0 Å². The molecule has 0 bridgehead atoms. The fraction of sp³-hybridized carbons (Fsp3) is 0.562. The maximum Gasteiger partial charge on any atom is 0.488 e. The predicted molar refractivity (Wildman–Crippen MR) is 99.0 cm³/mol. The van der Waals surface area contributed by atoms with Gasteiger partial charge in [0.1, 0.15) is 5.60 Å². The second-order valence-corrected chi connectivity index (χ2v) is 7.24. The highest BCUT2D eigenvalue weighted by Crippen LogP contribution is 2.19. The van der Waals surface area contributed by atoms with Crippen molar-refractivity contribution in [3.05, 3.63) is 23.8 Å². The minimum atomic E-state index is -1.51. The Bertz CT molecular complexity index is 584. The van der Waals surface area contributed by atoms with Crippen molar-refractivity contribution in [2.24, 2.45) is 0 Å². The summed E-state index contributed by atoms with van der Waals surface area (Å²) in [7, 11) is -1.51. The van der Waals surface area contributed by atoms with Gasteiger partial charge in [0.25, 0.3) is 0 Å². The van der Waals surface area contributed by atoms with Crippen LogP contribution < -0.4 is 10.4 Å². The zero-order valence-electron chi connectivity index (χ0n) is 14.4. The highest BCUT2D eigenvalue weighted by Gasteiger charge is 2.26. The highest BCUT2D eigenvalue weighted by atomic mass is 32.1. The summed E-state index contributed by atoms with van der Waals surface area (Å²) in [6.07, 6.45) is -0.294. The van der Waals surface area contributed by atoms with E-state index in [-0.39, 0.29) is 6.09 Å². The van der Waals surface area contributed by atoms with Gasteiger partial charge in [-0.05, 0) is 43.9 Å². The largest absolute Gasteiger partial charge is 0.488 e. The van der Waals surface area contributed by atoms with Crippen molar-refractivity contribution in [2.75, 3.05) is 31.1 Å². The fourth-order valence-corrected chi connectivity index (χ4v) is 2.78. The van der Waals surface area contributed by atoms with Gasteiger partial charge in [-0.2, -0.15) is 12.6 Å². The number of nitrogens with zero attached hydrogens (tertiary/aromatic N) is 2. The van der Waals surface area contributed by atoms with E-state index in [2.05, 4.69) is 17.5 Å². The molecule has 0 unspecified atom stereocenters. The lowest BCUT2D eigenvalue weighted by Crippen LogP contribution is -2.50. The van der Waals surface area contributed by atoms with Crippen LogP contribution in [0.15, 0.2) is 18.2 Å². The third-order valence-corrected chi connectivity index (χ3v) is 4.14. The van der Waals surface area contributed by atoms with Gasteiger partial charge in [0.05, 0.1) is 0 Å². The van der Waals surface area contributed by atoms with Crippen LogP contribution in [0.1, 0.15) is 26.3 Å². The minimum Gasteiger partial charge on any atom is -0.444 e. The van der Waals surface area contributed by atoms with Crippen LogP contribution in [0.25, 0.3) is 0 Å². The summed E-state index contributed by atoms with van der Waals surface area (Å²) < 4.78 is 5.40. The zero-order valence-corrected chi connectivity index (χ0v) is 15.3. The average Bonchev–Trinajstić information content (AvgIpc) is 2.52. The number of benzene rings is 1. The summed E-state index contributed by atoms with van der Waals surface area (Å²) >= 11 is 4.27. The molecular formula is C16H25BN2O4S. The number of carbonyl (C=O) groups excluding carboxylic acids is 1. The Hall–Kier alpha value is -1.38. The molecule has 0 saturated carbocycles. The van der Waals surface area contributed by atoms with E-state index in [1.807, 2.05) is 26.8 Å². The molecule has 2 rings (SSSR count). The van der Waals surface area contributed by atoms with Gasteiger partial charge in [-0.15, -0.1) is 0 Å². The van der Waals surface area contributed by atoms with E-state index in [4.69, 9.17) is 4.74 Å². The van der Waals surface area contributed by atoms with Crippen molar-refractivity contribution >= 4 is 37.0 Å². The third-order valence-electron chi connectivity index (χ3n) is 3.78. The van der Waals surface area contributed by atoms with Gasteiger partial charge in [0, 0.05) is 37.6 Å². The molecule has 0 aliphatic carbocycles. The molecule has 0 spiro atoms. The maximum absolute atomic E-state index is 12.1. The van der Waals surface area contributed by atoms with Gasteiger partial charge in [-0.25, -0.2) is 4.79 Å². The smallest absolute Gasteiger partial charge is 0.444 e. The molecule has 0 aromatic heterocycles. The Balaban J connectivity index is 2.04. The standard InChI is InChI=1S/C16H25BN2O4S/c1-16(2,3)23-15(20)19-6-4-18(5-7-19)14-9-12(11-24)8-13(10-14)17(21)22/h8-10,21-22,24H,4-7,11H2,1-3H3. The molecule has 8 heteroatoms. The Kier molecular flexibility index (Phi) is 6.06. The Morgan fingerprint density at radius 3 is 2.33 bits per heavy atom. The molecule has 1 aromatic rings. The molecule has 1 amide bonds. The molecule has 1 heterocycles. The topological polar surface area (TPSA) is 73.2 Å². The average molecular weight is 352 g/mol.